The Morgan fingerprint density at radius 1 is 1.14 bits per heavy atom. The van der Waals surface area contributed by atoms with Crippen LogP contribution in [0, 0.1) is 0 Å². The molecule has 0 spiro atoms. The lowest BCUT2D eigenvalue weighted by molar-refractivity contribution is 0.211. The first-order valence-electron chi connectivity index (χ1n) is 7.79. The van der Waals surface area contributed by atoms with Gasteiger partial charge in [0.1, 0.15) is 11.9 Å². The molecule has 1 fully saturated rings. The first-order valence-corrected chi connectivity index (χ1v) is 7.79. The molecule has 1 aliphatic carbocycles. The highest BCUT2D eigenvalue weighted by Gasteiger charge is 2.21. The summed E-state index contributed by atoms with van der Waals surface area (Å²) in [6.07, 6.45) is 3.24. The van der Waals surface area contributed by atoms with Gasteiger partial charge in [-0.15, -0.1) is 0 Å². The molecule has 1 aliphatic rings. The zero-order valence-corrected chi connectivity index (χ0v) is 12.5. The van der Waals surface area contributed by atoms with Crippen LogP contribution in [0.5, 0.6) is 5.75 Å². The number of aliphatic hydroxyl groups is 1. The van der Waals surface area contributed by atoms with Crippen molar-refractivity contribution in [3.63, 3.8) is 0 Å². The molecule has 3 rings (SSSR count). The first kappa shape index (κ1) is 14.2. The van der Waals surface area contributed by atoms with Gasteiger partial charge in [0.25, 0.3) is 0 Å². The van der Waals surface area contributed by atoms with Crippen LogP contribution in [0.2, 0.25) is 0 Å². The van der Waals surface area contributed by atoms with Crippen LogP contribution >= 0.6 is 0 Å². The van der Waals surface area contributed by atoms with E-state index in [2.05, 4.69) is 18.2 Å². The summed E-state index contributed by atoms with van der Waals surface area (Å²) in [5.74, 6) is 1.45. The predicted octanol–water partition coefficient (Wildman–Crippen LogP) is 4.43. The number of hydrogen-bond acceptors (Lipinski definition) is 2. The maximum Gasteiger partial charge on any atom is 0.125 e. The topological polar surface area (TPSA) is 29.5 Å². The maximum atomic E-state index is 10.7. The molecule has 2 aromatic carbocycles. The van der Waals surface area contributed by atoms with Gasteiger partial charge in [0.05, 0.1) is 6.61 Å². The second-order valence-corrected chi connectivity index (χ2v) is 5.67. The van der Waals surface area contributed by atoms with Gasteiger partial charge in [0, 0.05) is 5.56 Å². The third kappa shape index (κ3) is 2.96. The van der Waals surface area contributed by atoms with E-state index >= 15 is 0 Å². The van der Waals surface area contributed by atoms with E-state index < -0.39 is 6.10 Å². The molecule has 1 N–H and O–H groups in total. The van der Waals surface area contributed by atoms with E-state index in [0.29, 0.717) is 12.5 Å². The lowest BCUT2D eigenvalue weighted by atomic mass is 9.79. The summed E-state index contributed by atoms with van der Waals surface area (Å²) < 4.78 is 5.63. The minimum absolute atomic E-state index is 0.603. The van der Waals surface area contributed by atoms with Crippen LogP contribution in [-0.2, 0) is 0 Å². The zero-order valence-electron chi connectivity index (χ0n) is 12.5. The van der Waals surface area contributed by atoms with Crippen LogP contribution in [0.15, 0.2) is 48.5 Å². The Bertz CT molecular complexity index is 602. The largest absolute Gasteiger partial charge is 0.493 e. The van der Waals surface area contributed by atoms with Gasteiger partial charge in [-0.25, -0.2) is 0 Å². The van der Waals surface area contributed by atoms with Crippen molar-refractivity contribution in [1.82, 2.24) is 0 Å². The van der Waals surface area contributed by atoms with E-state index in [4.69, 9.17) is 4.74 Å². The van der Waals surface area contributed by atoms with Gasteiger partial charge in [0.15, 0.2) is 0 Å². The summed E-state index contributed by atoms with van der Waals surface area (Å²) in [5.41, 5.74) is 3.14. The Balaban J connectivity index is 1.89. The highest BCUT2D eigenvalue weighted by atomic mass is 16.5. The molecule has 0 heterocycles. The van der Waals surface area contributed by atoms with E-state index in [1.54, 1.807) is 0 Å². The number of para-hydroxylation sites is 1. The smallest absolute Gasteiger partial charge is 0.125 e. The summed E-state index contributed by atoms with van der Waals surface area (Å²) >= 11 is 0. The minimum Gasteiger partial charge on any atom is -0.493 e. The van der Waals surface area contributed by atoms with Crippen molar-refractivity contribution in [2.24, 2.45) is 0 Å². The molecule has 21 heavy (non-hydrogen) atoms. The lowest BCUT2D eigenvalue weighted by Crippen LogP contribution is -2.10. The van der Waals surface area contributed by atoms with Gasteiger partial charge in [-0.1, -0.05) is 48.9 Å². The van der Waals surface area contributed by atoms with Crippen molar-refractivity contribution in [3.8, 4) is 5.75 Å². The number of rotatable bonds is 5. The molecule has 0 aromatic heterocycles. The highest BCUT2D eigenvalue weighted by molar-refractivity contribution is 5.41. The molecule has 0 radical (unpaired) electrons. The summed E-state index contributed by atoms with van der Waals surface area (Å²) in [6, 6.07) is 16.1. The molecule has 1 atom stereocenters. The maximum absolute atomic E-state index is 10.7. The molecule has 2 nitrogen and oxygen atoms in total. The Hall–Kier alpha value is -1.80. The summed E-state index contributed by atoms with van der Waals surface area (Å²) in [6.45, 7) is 2.56. The Morgan fingerprint density at radius 2 is 1.95 bits per heavy atom. The fraction of sp³-hybridized carbons (Fsp3) is 0.368. The van der Waals surface area contributed by atoms with E-state index in [1.807, 2.05) is 37.3 Å². The molecule has 2 heteroatoms. The van der Waals surface area contributed by atoms with Crippen molar-refractivity contribution in [3.05, 3.63) is 65.2 Å². The van der Waals surface area contributed by atoms with Crippen LogP contribution in [-0.4, -0.2) is 11.7 Å². The molecule has 1 saturated carbocycles. The van der Waals surface area contributed by atoms with Crippen LogP contribution in [0.4, 0.5) is 0 Å². The van der Waals surface area contributed by atoms with Crippen molar-refractivity contribution in [1.29, 1.82) is 0 Å². The van der Waals surface area contributed by atoms with Gasteiger partial charge >= 0.3 is 0 Å². The Morgan fingerprint density at radius 3 is 2.67 bits per heavy atom. The van der Waals surface area contributed by atoms with Crippen LogP contribution < -0.4 is 4.74 Å². The van der Waals surface area contributed by atoms with E-state index in [0.717, 1.165) is 16.9 Å². The van der Waals surface area contributed by atoms with E-state index in [-0.39, 0.29) is 0 Å². The predicted molar refractivity (Wildman–Crippen MR) is 84.7 cm³/mol. The molecule has 0 amide bonds. The van der Waals surface area contributed by atoms with Gasteiger partial charge in [-0.3, -0.25) is 0 Å². The third-order valence-corrected chi connectivity index (χ3v) is 4.32. The second kappa shape index (κ2) is 6.31. The van der Waals surface area contributed by atoms with Gasteiger partial charge < -0.3 is 9.84 Å². The van der Waals surface area contributed by atoms with Crippen molar-refractivity contribution in [2.45, 2.75) is 38.2 Å². The molecule has 110 valence electrons. The van der Waals surface area contributed by atoms with Crippen LogP contribution in [0.25, 0.3) is 0 Å². The SMILES string of the molecule is CCOc1ccccc1C(O)c1cccc(C2CCC2)c1. The molecule has 1 unspecified atom stereocenters. The number of aliphatic hydroxyl groups excluding tert-OH is 1. The van der Waals surface area contributed by atoms with Crippen molar-refractivity contribution >= 4 is 0 Å². The molecular formula is C19H22O2. The normalized spacial score (nSPS) is 16.3. The monoisotopic (exact) mass is 282 g/mol. The number of ether oxygens (including phenoxy) is 1. The summed E-state index contributed by atoms with van der Waals surface area (Å²) in [5, 5.41) is 10.7. The summed E-state index contributed by atoms with van der Waals surface area (Å²) in [7, 11) is 0. The molecule has 0 saturated heterocycles. The Kier molecular flexibility index (Phi) is 4.26. The fourth-order valence-electron chi connectivity index (χ4n) is 2.90. The second-order valence-electron chi connectivity index (χ2n) is 5.67. The minimum atomic E-state index is -0.632. The van der Waals surface area contributed by atoms with Gasteiger partial charge in [-0.2, -0.15) is 0 Å². The van der Waals surface area contributed by atoms with E-state index in [9.17, 15) is 5.11 Å². The highest BCUT2D eigenvalue weighted by Crippen LogP contribution is 2.38. The molecular weight excluding hydrogens is 260 g/mol. The van der Waals surface area contributed by atoms with Gasteiger partial charge in [-0.05, 0) is 42.9 Å². The van der Waals surface area contributed by atoms with Crippen LogP contribution in [0.3, 0.4) is 0 Å². The summed E-state index contributed by atoms with van der Waals surface area (Å²) in [4.78, 5) is 0. The Labute approximate surface area is 126 Å². The zero-order chi connectivity index (χ0) is 14.7. The number of hydrogen-bond donors (Lipinski definition) is 1. The molecule has 0 bridgehead atoms. The molecule has 2 aromatic rings. The standard InChI is InChI=1S/C19H22O2/c1-2-21-18-12-4-3-11-17(18)19(20)16-10-6-9-15(13-16)14-7-5-8-14/h3-4,6,9-14,19-20H,2,5,7-8H2,1H3. The van der Waals surface area contributed by atoms with Gasteiger partial charge in [0.2, 0.25) is 0 Å². The van der Waals surface area contributed by atoms with Crippen LogP contribution in [0.1, 0.15) is 54.9 Å². The fourth-order valence-corrected chi connectivity index (χ4v) is 2.90. The van der Waals surface area contributed by atoms with E-state index in [1.165, 1.54) is 24.8 Å². The average molecular weight is 282 g/mol. The van der Waals surface area contributed by atoms with Crippen molar-refractivity contribution < 1.29 is 9.84 Å². The third-order valence-electron chi connectivity index (χ3n) is 4.32. The number of benzene rings is 2. The molecule has 0 aliphatic heterocycles. The quantitative estimate of drug-likeness (QED) is 0.878. The average Bonchev–Trinajstić information content (AvgIpc) is 2.46. The lowest BCUT2D eigenvalue weighted by Gasteiger charge is -2.26. The first-order chi connectivity index (χ1) is 10.3. The van der Waals surface area contributed by atoms with Crippen molar-refractivity contribution in [2.75, 3.05) is 6.61 Å².